The average Bonchev–Trinajstić information content (AvgIpc) is 2.37. The summed E-state index contributed by atoms with van der Waals surface area (Å²) >= 11 is 0. The van der Waals surface area contributed by atoms with Gasteiger partial charge in [-0.3, -0.25) is 0 Å². The summed E-state index contributed by atoms with van der Waals surface area (Å²) in [5.41, 5.74) is 1.66. The van der Waals surface area contributed by atoms with E-state index in [1.165, 1.54) is 5.56 Å². The van der Waals surface area contributed by atoms with Crippen LogP contribution in [0.25, 0.3) is 0 Å². The summed E-state index contributed by atoms with van der Waals surface area (Å²) in [7, 11) is 0. The average molecular weight is 275 g/mol. The maximum atomic E-state index is 11.9. The third-order valence-corrected chi connectivity index (χ3v) is 3.41. The molecule has 1 N–H and O–H groups in total. The minimum atomic E-state index is -0.547. The second-order valence-electron chi connectivity index (χ2n) is 6.16. The summed E-state index contributed by atoms with van der Waals surface area (Å²) in [5, 5.41) is 2.84. The van der Waals surface area contributed by atoms with Crippen LogP contribution in [0.4, 0.5) is 4.79 Å². The molecule has 0 aromatic heterocycles. The van der Waals surface area contributed by atoms with Crippen LogP contribution < -0.4 is 5.32 Å². The maximum Gasteiger partial charge on any atom is 0.408 e. The van der Waals surface area contributed by atoms with Crippen molar-refractivity contribution in [3.8, 4) is 0 Å². The molecule has 0 saturated heterocycles. The van der Waals surface area contributed by atoms with Crippen LogP contribution in [0.1, 0.15) is 44.4 Å². The molecule has 0 aliphatic heterocycles. The first kappa shape index (κ1) is 14.6. The Hall–Kier alpha value is -1.84. The first-order valence-corrected chi connectivity index (χ1v) is 6.93. The molecular formula is C16H21NO3. The predicted octanol–water partition coefficient (Wildman–Crippen LogP) is 3.01. The van der Waals surface area contributed by atoms with Gasteiger partial charge in [0.2, 0.25) is 0 Å². The quantitative estimate of drug-likeness (QED) is 0.844. The fourth-order valence-electron chi connectivity index (χ4n) is 2.55. The highest BCUT2D eigenvalue weighted by Gasteiger charge is 2.31. The van der Waals surface area contributed by atoms with E-state index in [0.29, 0.717) is 0 Å². The summed E-state index contributed by atoms with van der Waals surface area (Å²) < 4.78 is 5.28. The first-order valence-electron chi connectivity index (χ1n) is 6.93. The van der Waals surface area contributed by atoms with Crippen molar-refractivity contribution in [2.24, 2.45) is 5.92 Å². The molecule has 1 aliphatic carbocycles. The molecule has 2 rings (SSSR count). The molecule has 0 spiro atoms. The standard InChI is InChI=1S/C16H21NO3/c1-16(2,3)20-15(19)17-14-12(10-18)9-8-11-6-4-5-7-13(11)14/h4-7,10,12,14H,8-9H2,1-3H3,(H,17,19)/t12-,14+/m1/s1. The third-order valence-electron chi connectivity index (χ3n) is 3.41. The van der Waals surface area contributed by atoms with E-state index in [0.717, 1.165) is 24.7 Å². The molecule has 0 fully saturated rings. The summed E-state index contributed by atoms with van der Waals surface area (Å²) in [6, 6.07) is 7.61. The second-order valence-corrected chi connectivity index (χ2v) is 6.16. The number of fused-ring (bicyclic) bond motifs is 1. The van der Waals surface area contributed by atoms with E-state index >= 15 is 0 Å². The SMILES string of the molecule is CC(C)(C)OC(=O)N[C@@H]1c2ccccc2CC[C@@H]1C=O. The lowest BCUT2D eigenvalue weighted by molar-refractivity contribution is -0.112. The van der Waals surface area contributed by atoms with Crippen molar-refractivity contribution >= 4 is 12.4 Å². The van der Waals surface area contributed by atoms with Gasteiger partial charge in [-0.2, -0.15) is 0 Å². The largest absolute Gasteiger partial charge is 0.444 e. The number of rotatable bonds is 2. The number of amides is 1. The van der Waals surface area contributed by atoms with Gasteiger partial charge in [0.15, 0.2) is 0 Å². The van der Waals surface area contributed by atoms with Gasteiger partial charge in [-0.25, -0.2) is 4.79 Å². The highest BCUT2D eigenvalue weighted by atomic mass is 16.6. The summed E-state index contributed by atoms with van der Waals surface area (Å²) in [4.78, 5) is 23.2. The van der Waals surface area contributed by atoms with Crippen LogP contribution in [0.5, 0.6) is 0 Å². The molecule has 1 aromatic carbocycles. The lowest BCUT2D eigenvalue weighted by atomic mass is 9.80. The Bertz CT molecular complexity index is 505. The molecule has 0 bridgehead atoms. The number of alkyl carbamates (subject to hydrolysis) is 1. The molecular weight excluding hydrogens is 254 g/mol. The fraction of sp³-hybridized carbons (Fsp3) is 0.500. The molecule has 1 aliphatic rings. The Kier molecular flexibility index (Phi) is 4.12. The number of carbonyl (C=O) groups is 2. The Labute approximate surface area is 119 Å². The van der Waals surface area contributed by atoms with Gasteiger partial charge in [-0.05, 0) is 44.7 Å². The van der Waals surface area contributed by atoms with E-state index in [2.05, 4.69) is 5.32 Å². The van der Waals surface area contributed by atoms with E-state index in [1.54, 1.807) is 0 Å². The van der Waals surface area contributed by atoms with Crippen LogP contribution in [0.3, 0.4) is 0 Å². The number of hydrogen-bond acceptors (Lipinski definition) is 3. The number of aldehydes is 1. The molecule has 2 atom stereocenters. The van der Waals surface area contributed by atoms with Crippen LogP contribution in [0.15, 0.2) is 24.3 Å². The van der Waals surface area contributed by atoms with Crippen LogP contribution >= 0.6 is 0 Å². The van der Waals surface area contributed by atoms with Crippen LogP contribution in [0.2, 0.25) is 0 Å². The van der Waals surface area contributed by atoms with Crippen molar-refractivity contribution in [3.05, 3.63) is 35.4 Å². The van der Waals surface area contributed by atoms with Crippen molar-refractivity contribution in [1.82, 2.24) is 5.32 Å². The lowest BCUT2D eigenvalue weighted by Gasteiger charge is -2.32. The lowest BCUT2D eigenvalue weighted by Crippen LogP contribution is -2.40. The van der Waals surface area contributed by atoms with Crippen LogP contribution in [0, 0.1) is 5.92 Å². The molecule has 0 heterocycles. The van der Waals surface area contributed by atoms with Gasteiger partial charge in [0.1, 0.15) is 11.9 Å². The van der Waals surface area contributed by atoms with Gasteiger partial charge < -0.3 is 14.8 Å². The molecule has 1 aromatic rings. The zero-order chi connectivity index (χ0) is 14.8. The Morgan fingerprint density at radius 1 is 1.35 bits per heavy atom. The number of carbonyl (C=O) groups excluding carboxylic acids is 2. The van der Waals surface area contributed by atoms with Gasteiger partial charge in [0, 0.05) is 5.92 Å². The molecule has 4 nitrogen and oxygen atoms in total. The molecule has 0 saturated carbocycles. The summed E-state index contributed by atoms with van der Waals surface area (Å²) in [6.07, 6.45) is 2.07. The topological polar surface area (TPSA) is 55.4 Å². The zero-order valence-electron chi connectivity index (χ0n) is 12.2. The number of hydrogen-bond donors (Lipinski definition) is 1. The monoisotopic (exact) mass is 275 g/mol. The molecule has 1 amide bonds. The maximum absolute atomic E-state index is 11.9. The van der Waals surface area contributed by atoms with Crippen LogP contribution in [-0.2, 0) is 16.0 Å². The van der Waals surface area contributed by atoms with Crippen molar-refractivity contribution in [2.75, 3.05) is 0 Å². The Morgan fingerprint density at radius 2 is 2.05 bits per heavy atom. The summed E-state index contributed by atoms with van der Waals surface area (Å²) in [5.74, 6) is -0.197. The van der Waals surface area contributed by atoms with Crippen molar-refractivity contribution in [3.63, 3.8) is 0 Å². The third kappa shape index (κ3) is 3.38. The van der Waals surface area contributed by atoms with Crippen molar-refractivity contribution in [1.29, 1.82) is 0 Å². The number of aryl methyl sites for hydroxylation is 1. The minimum absolute atomic E-state index is 0.197. The smallest absolute Gasteiger partial charge is 0.408 e. The number of nitrogens with one attached hydrogen (secondary N) is 1. The number of benzene rings is 1. The summed E-state index contributed by atoms with van der Waals surface area (Å²) in [6.45, 7) is 5.45. The van der Waals surface area contributed by atoms with Gasteiger partial charge in [0.05, 0.1) is 6.04 Å². The normalized spacial score (nSPS) is 21.8. The zero-order valence-corrected chi connectivity index (χ0v) is 12.2. The predicted molar refractivity (Wildman–Crippen MR) is 76.4 cm³/mol. The van der Waals surface area contributed by atoms with E-state index in [-0.39, 0.29) is 12.0 Å². The van der Waals surface area contributed by atoms with E-state index < -0.39 is 11.7 Å². The molecule has 0 radical (unpaired) electrons. The molecule has 108 valence electrons. The van der Waals surface area contributed by atoms with Crippen LogP contribution in [-0.4, -0.2) is 18.0 Å². The van der Waals surface area contributed by atoms with E-state index in [1.807, 2.05) is 45.0 Å². The van der Waals surface area contributed by atoms with Crippen molar-refractivity contribution < 1.29 is 14.3 Å². The van der Waals surface area contributed by atoms with E-state index in [4.69, 9.17) is 4.74 Å². The number of ether oxygens (including phenoxy) is 1. The fourth-order valence-corrected chi connectivity index (χ4v) is 2.55. The van der Waals surface area contributed by atoms with Gasteiger partial charge in [-0.1, -0.05) is 24.3 Å². The molecule has 0 unspecified atom stereocenters. The Balaban J connectivity index is 2.19. The minimum Gasteiger partial charge on any atom is -0.444 e. The van der Waals surface area contributed by atoms with Crippen molar-refractivity contribution in [2.45, 2.75) is 45.3 Å². The van der Waals surface area contributed by atoms with E-state index in [9.17, 15) is 9.59 Å². The van der Waals surface area contributed by atoms with Gasteiger partial charge >= 0.3 is 6.09 Å². The van der Waals surface area contributed by atoms with Gasteiger partial charge in [-0.15, -0.1) is 0 Å². The highest BCUT2D eigenvalue weighted by molar-refractivity contribution is 5.70. The molecule has 4 heteroatoms. The van der Waals surface area contributed by atoms with Gasteiger partial charge in [0.25, 0.3) is 0 Å². The first-order chi connectivity index (χ1) is 9.40. The Morgan fingerprint density at radius 3 is 2.70 bits per heavy atom. The second kappa shape index (κ2) is 5.65. The highest BCUT2D eigenvalue weighted by Crippen LogP contribution is 2.33. The molecule has 20 heavy (non-hydrogen) atoms.